The molecule has 0 fully saturated rings. The highest BCUT2D eigenvalue weighted by Gasteiger charge is 2.36. The van der Waals surface area contributed by atoms with E-state index in [0.717, 1.165) is 23.3 Å². The summed E-state index contributed by atoms with van der Waals surface area (Å²) in [6.45, 7) is 8.10. The lowest BCUT2D eigenvalue weighted by atomic mass is 10.1. The Morgan fingerprint density at radius 3 is 2.12 bits per heavy atom. The number of benzene rings is 3. The van der Waals surface area contributed by atoms with E-state index in [2.05, 4.69) is 5.32 Å². The fourth-order valence-electron chi connectivity index (χ4n) is 4.51. The lowest BCUT2D eigenvalue weighted by molar-refractivity contribution is -0.140. The van der Waals surface area contributed by atoms with Crippen molar-refractivity contribution in [1.82, 2.24) is 10.2 Å². The van der Waals surface area contributed by atoms with Gasteiger partial charge in [0.2, 0.25) is 11.8 Å². The Labute approximate surface area is 245 Å². The molecule has 0 aliphatic carbocycles. The SMILES string of the molecule is CC[C@@H](C(=O)NC(C)C)N(Cc1cccc(C)c1)C(=O)CN(c1cccc(C(F)(F)F)c1)S(=O)(=O)c1ccc(C)cc1. The van der Waals surface area contributed by atoms with Crippen LogP contribution in [-0.4, -0.2) is 43.8 Å². The molecule has 0 spiro atoms. The molecule has 3 aromatic carbocycles. The van der Waals surface area contributed by atoms with Gasteiger partial charge in [0.25, 0.3) is 10.0 Å². The van der Waals surface area contributed by atoms with E-state index < -0.39 is 46.2 Å². The number of nitrogens with zero attached hydrogens (tertiary/aromatic N) is 2. The number of alkyl halides is 3. The number of hydrogen-bond acceptors (Lipinski definition) is 4. The lowest BCUT2D eigenvalue weighted by Crippen LogP contribution is -2.53. The molecule has 42 heavy (non-hydrogen) atoms. The van der Waals surface area contributed by atoms with Crippen molar-refractivity contribution in [3.8, 4) is 0 Å². The van der Waals surface area contributed by atoms with Gasteiger partial charge in [0, 0.05) is 12.6 Å². The zero-order chi connectivity index (χ0) is 31.2. The maximum absolute atomic E-state index is 14.0. The summed E-state index contributed by atoms with van der Waals surface area (Å²) < 4.78 is 69.3. The highest BCUT2D eigenvalue weighted by molar-refractivity contribution is 7.92. The maximum atomic E-state index is 14.0. The molecule has 1 N–H and O–H groups in total. The Kier molecular flexibility index (Phi) is 10.4. The minimum atomic E-state index is -4.74. The fourth-order valence-corrected chi connectivity index (χ4v) is 5.92. The van der Waals surface area contributed by atoms with Gasteiger partial charge in [0.05, 0.1) is 16.1 Å². The quantitative estimate of drug-likeness (QED) is 0.298. The topological polar surface area (TPSA) is 86.8 Å². The van der Waals surface area contributed by atoms with Crippen molar-refractivity contribution in [2.75, 3.05) is 10.8 Å². The smallest absolute Gasteiger partial charge is 0.352 e. The van der Waals surface area contributed by atoms with Crippen molar-refractivity contribution in [2.24, 2.45) is 0 Å². The lowest BCUT2D eigenvalue weighted by Gasteiger charge is -2.33. The van der Waals surface area contributed by atoms with E-state index in [9.17, 15) is 31.2 Å². The molecule has 3 rings (SSSR count). The summed E-state index contributed by atoms with van der Waals surface area (Å²) in [7, 11) is -4.50. The van der Waals surface area contributed by atoms with Crippen LogP contribution in [-0.2, 0) is 32.3 Å². The van der Waals surface area contributed by atoms with Crippen molar-refractivity contribution in [3.05, 3.63) is 95.1 Å². The Hall–Kier alpha value is -3.86. The van der Waals surface area contributed by atoms with Crippen molar-refractivity contribution in [1.29, 1.82) is 0 Å². The van der Waals surface area contributed by atoms with Gasteiger partial charge in [-0.3, -0.25) is 13.9 Å². The molecular formula is C31H36F3N3O4S. The molecule has 3 aromatic rings. The van der Waals surface area contributed by atoms with Crippen molar-refractivity contribution in [2.45, 2.75) is 70.7 Å². The second-order valence-electron chi connectivity index (χ2n) is 10.5. The maximum Gasteiger partial charge on any atom is 0.416 e. The van der Waals surface area contributed by atoms with Gasteiger partial charge in [-0.15, -0.1) is 0 Å². The van der Waals surface area contributed by atoms with Crippen LogP contribution < -0.4 is 9.62 Å². The van der Waals surface area contributed by atoms with Crippen LogP contribution in [0.25, 0.3) is 0 Å². The molecule has 0 aromatic heterocycles. The zero-order valence-electron chi connectivity index (χ0n) is 24.3. The third-order valence-corrected chi connectivity index (χ3v) is 8.39. The molecule has 0 saturated carbocycles. The largest absolute Gasteiger partial charge is 0.416 e. The van der Waals surface area contributed by atoms with Crippen LogP contribution in [0.3, 0.4) is 0 Å². The summed E-state index contributed by atoms with van der Waals surface area (Å²) in [6, 6.07) is 15.8. The number of hydrogen-bond donors (Lipinski definition) is 1. The predicted molar refractivity (Wildman–Crippen MR) is 156 cm³/mol. The number of rotatable bonds is 11. The van der Waals surface area contributed by atoms with E-state index in [0.29, 0.717) is 15.9 Å². The van der Waals surface area contributed by atoms with E-state index in [1.54, 1.807) is 52.0 Å². The summed E-state index contributed by atoms with van der Waals surface area (Å²) in [5, 5.41) is 2.81. The molecule has 0 radical (unpaired) electrons. The van der Waals surface area contributed by atoms with E-state index >= 15 is 0 Å². The van der Waals surface area contributed by atoms with Gasteiger partial charge in [0.1, 0.15) is 12.6 Å². The summed E-state index contributed by atoms with van der Waals surface area (Å²) in [5.74, 6) is -1.16. The second-order valence-corrected chi connectivity index (χ2v) is 12.3. The number of amides is 2. The predicted octanol–water partition coefficient (Wildman–Crippen LogP) is 5.85. The number of nitrogens with one attached hydrogen (secondary N) is 1. The number of halogens is 3. The normalized spacial score (nSPS) is 12.6. The number of sulfonamides is 1. The molecule has 226 valence electrons. The average molecular weight is 604 g/mol. The second kappa shape index (κ2) is 13.4. The molecule has 0 aliphatic rings. The molecule has 11 heteroatoms. The average Bonchev–Trinajstić information content (AvgIpc) is 2.91. The fraction of sp³-hybridized carbons (Fsp3) is 0.355. The Bertz CT molecular complexity index is 1510. The van der Waals surface area contributed by atoms with E-state index in [4.69, 9.17) is 0 Å². The van der Waals surface area contributed by atoms with Crippen LogP contribution in [0.4, 0.5) is 18.9 Å². The highest BCUT2D eigenvalue weighted by Crippen LogP contribution is 2.33. The van der Waals surface area contributed by atoms with E-state index in [-0.39, 0.29) is 29.6 Å². The highest BCUT2D eigenvalue weighted by atomic mass is 32.2. The van der Waals surface area contributed by atoms with Crippen LogP contribution in [0.2, 0.25) is 0 Å². The first-order valence-electron chi connectivity index (χ1n) is 13.6. The van der Waals surface area contributed by atoms with Crippen LogP contribution in [0.1, 0.15) is 49.4 Å². The Balaban J connectivity index is 2.13. The molecule has 7 nitrogen and oxygen atoms in total. The van der Waals surface area contributed by atoms with Crippen molar-refractivity contribution in [3.63, 3.8) is 0 Å². The van der Waals surface area contributed by atoms with Crippen LogP contribution >= 0.6 is 0 Å². The van der Waals surface area contributed by atoms with Gasteiger partial charge >= 0.3 is 6.18 Å². The first kappa shape index (κ1) is 32.7. The molecule has 1 atom stereocenters. The molecular weight excluding hydrogens is 567 g/mol. The first-order valence-corrected chi connectivity index (χ1v) is 15.0. The van der Waals surface area contributed by atoms with Crippen molar-refractivity contribution >= 4 is 27.5 Å². The standard InChI is InChI=1S/C31H36F3N3O4S/c1-6-28(30(39)35-21(2)3)36(19-24-10-7-9-23(5)17-24)29(38)20-37(26-12-8-11-25(18-26)31(32,33)34)42(40,41)27-15-13-22(4)14-16-27/h7-18,21,28H,6,19-20H2,1-5H3,(H,35,39)/t28-/m0/s1. The van der Waals surface area contributed by atoms with Crippen LogP contribution in [0, 0.1) is 13.8 Å². The molecule has 0 unspecified atom stereocenters. The number of carbonyl (C=O) groups is 2. The molecule has 0 heterocycles. The van der Waals surface area contributed by atoms with Gasteiger partial charge in [-0.05, 0) is 70.0 Å². The molecule has 0 bridgehead atoms. The van der Waals surface area contributed by atoms with Crippen LogP contribution in [0.5, 0.6) is 0 Å². The minimum absolute atomic E-state index is 0.00839. The molecule has 2 amide bonds. The first-order chi connectivity index (χ1) is 19.6. The number of carbonyl (C=O) groups excluding carboxylic acids is 2. The van der Waals surface area contributed by atoms with Gasteiger partial charge in [-0.2, -0.15) is 13.2 Å². The van der Waals surface area contributed by atoms with Crippen LogP contribution in [0.15, 0.2) is 77.7 Å². The van der Waals surface area contributed by atoms with Gasteiger partial charge < -0.3 is 10.2 Å². The van der Waals surface area contributed by atoms with E-state index in [1.165, 1.54) is 23.1 Å². The Morgan fingerprint density at radius 2 is 1.55 bits per heavy atom. The third-order valence-electron chi connectivity index (χ3n) is 6.60. The van der Waals surface area contributed by atoms with Gasteiger partial charge in [-0.25, -0.2) is 8.42 Å². The molecule has 0 aliphatic heterocycles. The van der Waals surface area contributed by atoms with Gasteiger partial charge in [-0.1, -0.05) is 60.5 Å². The summed E-state index contributed by atoms with van der Waals surface area (Å²) in [5.41, 5.74) is 1.03. The summed E-state index contributed by atoms with van der Waals surface area (Å²) >= 11 is 0. The summed E-state index contributed by atoms with van der Waals surface area (Å²) in [4.78, 5) is 28.3. The van der Waals surface area contributed by atoms with Gasteiger partial charge in [0.15, 0.2) is 0 Å². The summed E-state index contributed by atoms with van der Waals surface area (Å²) in [6.07, 6.45) is -4.51. The van der Waals surface area contributed by atoms with Crippen molar-refractivity contribution < 1.29 is 31.2 Å². The number of aryl methyl sites for hydroxylation is 2. The third kappa shape index (κ3) is 8.12. The minimum Gasteiger partial charge on any atom is -0.352 e. The van der Waals surface area contributed by atoms with E-state index in [1.807, 2.05) is 19.1 Å². The molecule has 0 saturated heterocycles. The number of anilines is 1. The Morgan fingerprint density at radius 1 is 0.905 bits per heavy atom. The zero-order valence-corrected chi connectivity index (χ0v) is 25.1. The monoisotopic (exact) mass is 603 g/mol.